The predicted molar refractivity (Wildman–Crippen MR) is 79.3 cm³/mol. The van der Waals surface area contributed by atoms with Crippen molar-refractivity contribution in [1.82, 2.24) is 9.78 Å². The Morgan fingerprint density at radius 2 is 1.94 bits per heavy atom. The normalized spacial score (nSPS) is 14.8. The molecule has 0 radical (unpaired) electrons. The highest BCUT2D eigenvalue weighted by Crippen LogP contribution is 2.27. The summed E-state index contributed by atoms with van der Waals surface area (Å²) in [5.74, 6) is 0.737. The molecule has 1 heterocycles. The van der Waals surface area contributed by atoms with Crippen molar-refractivity contribution in [3.8, 4) is 0 Å². The molecule has 104 valence electrons. The van der Waals surface area contributed by atoms with Crippen molar-refractivity contribution in [2.45, 2.75) is 72.2 Å². The number of hydrogen-bond acceptors (Lipinski definition) is 1. The fourth-order valence-electron chi connectivity index (χ4n) is 2.63. The molecule has 2 atom stereocenters. The molecule has 0 aliphatic heterocycles. The van der Waals surface area contributed by atoms with Crippen LogP contribution in [0.25, 0.3) is 0 Å². The van der Waals surface area contributed by atoms with Crippen LogP contribution in [-0.2, 0) is 6.54 Å². The second kappa shape index (κ2) is 7.18. The molecule has 1 rings (SSSR count). The molecule has 0 aliphatic carbocycles. The van der Waals surface area contributed by atoms with Crippen LogP contribution in [0.3, 0.4) is 0 Å². The molecule has 0 saturated heterocycles. The molecule has 1 aromatic heterocycles. The Bertz CT molecular complexity index is 369. The maximum Gasteiger partial charge on any atom is 0.0643 e. The SMILES string of the molecule is CCCCC(CC)Cn1nc(C)c(C(C)Cl)c1C. The Hall–Kier alpha value is -0.500. The average molecular weight is 271 g/mol. The lowest BCUT2D eigenvalue weighted by molar-refractivity contribution is 0.367. The number of aromatic nitrogens is 2. The Balaban J connectivity index is 2.80. The Labute approximate surface area is 117 Å². The molecule has 2 nitrogen and oxygen atoms in total. The predicted octanol–water partition coefficient (Wildman–Crippen LogP) is 5.02. The fourth-order valence-corrected chi connectivity index (χ4v) is 2.94. The highest BCUT2D eigenvalue weighted by atomic mass is 35.5. The van der Waals surface area contributed by atoms with E-state index in [9.17, 15) is 0 Å². The van der Waals surface area contributed by atoms with Crippen LogP contribution < -0.4 is 0 Å². The second-order valence-corrected chi connectivity index (χ2v) is 5.95. The van der Waals surface area contributed by atoms with Gasteiger partial charge in [0, 0.05) is 17.8 Å². The minimum Gasteiger partial charge on any atom is -0.269 e. The topological polar surface area (TPSA) is 17.8 Å². The van der Waals surface area contributed by atoms with Crippen LogP contribution in [-0.4, -0.2) is 9.78 Å². The monoisotopic (exact) mass is 270 g/mol. The van der Waals surface area contributed by atoms with E-state index in [2.05, 4.69) is 37.5 Å². The number of alkyl halides is 1. The molecule has 2 unspecified atom stereocenters. The maximum atomic E-state index is 6.23. The molecule has 0 spiro atoms. The standard InChI is InChI=1S/C15H27ClN2/c1-6-8-9-14(7-2)10-18-13(5)15(11(3)16)12(4)17-18/h11,14H,6-10H2,1-5H3. The molecule has 0 N–H and O–H groups in total. The van der Waals surface area contributed by atoms with E-state index in [1.54, 1.807) is 0 Å². The highest BCUT2D eigenvalue weighted by Gasteiger charge is 2.17. The van der Waals surface area contributed by atoms with Gasteiger partial charge >= 0.3 is 0 Å². The first kappa shape index (κ1) is 15.6. The zero-order chi connectivity index (χ0) is 13.7. The third kappa shape index (κ3) is 3.74. The molecule has 0 aromatic carbocycles. The van der Waals surface area contributed by atoms with Crippen LogP contribution in [0.4, 0.5) is 0 Å². The van der Waals surface area contributed by atoms with Crippen molar-refractivity contribution in [3.05, 3.63) is 17.0 Å². The van der Waals surface area contributed by atoms with E-state index in [-0.39, 0.29) is 5.38 Å². The summed E-state index contributed by atoms with van der Waals surface area (Å²) in [4.78, 5) is 0. The van der Waals surface area contributed by atoms with E-state index >= 15 is 0 Å². The van der Waals surface area contributed by atoms with E-state index in [1.807, 2.05) is 6.92 Å². The molecule has 0 aliphatic rings. The molecule has 0 bridgehead atoms. The van der Waals surface area contributed by atoms with Crippen molar-refractivity contribution in [2.75, 3.05) is 0 Å². The lowest BCUT2D eigenvalue weighted by atomic mass is 9.99. The minimum absolute atomic E-state index is 0.0504. The summed E-state index contributed by atoms with van der Waals surface area (Å²) >= 11 is 6.23. The van der Waals surface area contributed by atoms with Gasteiger partial charge in [-0.15, -0.1) is 11.6 Å². The summed E-state index contributed by atoms with van der Waals surface area (Å²) in [7, 11) is 0. The zero-order valence-corrected chi connectivity index (χ0v) is 13.2. The zero-order valence-electron chi connectivity index (χ0n) is 12.5. The van der Waals surface area contributed by atoms with Gasteiger partial charge in [0.1, 0.15) is 0 Å². The third-order valence-corrected chi connectivity index (χ3v) is 4.03. The Morgan fingerprint density at radius 1 is 1.28 bits per heavy atom. The number of unbranched alkanes of at least 4 members (excludes halogenated alkanes) is 1. The minimum atomic E-state index is 0.0504. The van der Waals surface area contributed by atoms with Gasteiger partial charge in [-0.25, -0.2) is 0 Å². The van der Waals surface area contributed by atoms with Crippen molar-refractivity contribution >= 4 is 11.6 Å². The fraction of sp³-hybridized carbons (Fsp3) is 0.800. The van der Waals surface area contributed by atoms with Gasteiger partial charge in [0.2, 0.25) is 0 Å². The van der Waals surface area contributed by atoms with Gasteiger partial charge in [0.15, 0.2) is 0 Å². The van der Waals surface area contributed by atoms with Gasteiger partial charge in [-0.3, -0.25) is 4.68 Å². The summed E-state index contributed by atoms with van der Waals surface area (Å²) in [6.07, 6.45) is 5.12. The number of nitrogens with zero attached hydrogens (tertiary/aromatic N) is 2. The summed E-state index contributed by atoms with van der Waals surface area (Å²) < 4.78 is 2.16. The molecular weight excluding hydrogens is 244 g/mol. The van der Waals surface area contributed by atoms with Crippen molar-refractivity contribution in [1.29, 1.82) is 0 Å². The number of aryl methyl sites for hydroxylation is 1. The third-order valence-electron chi connectivity index (χ3n) is 3.81. The van der Waals surface area contributed by atoms with Crippen LogP contribution in [0.5, 0.6) is 0 Å². The molecule has 0 saturated carbocycles. The smallest absolute Gasteiger partial charge is 0.0643 e. The summed E-state index contributed by atoms with van der Waals surface area (Å²) in [5.41, 5.74) is 3.53. The molecule has 18 heavy (non-hydrogen) atoms. The van der Waals surface area contributed by atoms with E-state index in [1.165, 1.54) is 36.9 Å². The summed E-state index contributed by atoms with van der Waals surface area (Å²) in [6.45, 7) is 11.8. The van der Waals surface area contributed by atoms with E-state index < -0.39 is 0 Å². The largest absolute Gasteiger partial charge is 0.269 e. The Kier molecular flexibility index (Phi) is 6.20. The van der Waals surface area contributed by atoms with Gasteiger partial charge in [-0.2, -0.15) is 5.10 Å². The van der Waals surface area contributed by atoms with Crippen LogP contribution >= 0.6 is 11.6 Å². The highest BCUT2D eigenvalue weighted by molar-refractivity contribution is 6.20. The quantitative estimate of drug-likeness (QED) is 0.637. The van der Waals surface area contributed by atoms with Crippen molar-refractivity contribution in [2.24, 2.45) is 5.92 Å². The van der Waals surface area contributed by atoms with Gasteiger partial charge in [-0.05, 0) is 33.1 Å². The van der Waals surface area contributed by atoms with Crippen LogP contribution in [0.1, 0.15) is 68.8 Å². The maximum absolute atomic E-state index is 6.23. The van der Waals surface area contributed by atoms with Crippen LogP contribution in [0.15, 0.2) is 0 Å². The summed E-state index contributed by atoms with van der Waals surface area (Å²) in [6, 6.07) is 0. The summed E-state index contributed by atoms with van der Waals surface area (Å²) in [5, 5.41) is 4.71. The van der Waals surface area contributed by atoms with Crippen molar-refractivity contribution < 1.29 is 0 Å². The van der Waals surface area contributed by atoms with E-state index in [0.717, 1.165) is 18.2 Å². The number of halogens is 1. The molecular formula is C15H27ClN2. The van der Waals surface area contributed by atoms with Gasteiger partial charge in [0.25, 0.3) is 0 Å². The van der Waals surface area contributed by atoms with Crippen molar-refractivity contribution in [3.63, 3.8) is 0 Å². The molecule has 0 fully saturated rings. The van der Waals surface area contributed by atoms with Crippen LogP contribution in [0, 0.1) is 19.8 Å². The number of rotatable bonds is 7. The van der Waals surface area contributed by atoms with Gasteiger partial charge in [-0.1, -0.05) is 33.1 Å². The molecule has 0 amide bonds. The van der Waals surface area contributed by atoms with Gasteiger partial charge < -0.3 is 0 Å². The first-order valence-corrected chi connectivity index (χ1v) is 7.62. The van der Waals surface area contributed by atoms with E-state index in [0.29, 0.717) is 0 Å². The average Bonchev–Trinajstić information content (AvgIpc) is 2.59. The van der Waals surface area contributed by atoms with Crippen LogP contribution in [0.2, 0.25) is 0 Å². The lowest BCUT2D eigenvalue weighted by Crippen LogP contribution is -2.13. The first-order valence-electron chi connectivity index (χ1n) is 7.19. The Morgan fingerprint density at radius 3 is 2.39 bits per heavy atom. The van der Waals surface area contributed by atoms with E-state index in [4.69, 9.17) is 11.6 Å². The second-order valence-electron chi connectivity index (χ2n) is 5.30. The lowest BCUT2D eigenvalue weighted by Gasteiger charge is -2.16. The van der Waals surface area contributed by atoms with Gasteiger partial charge in [0.05, 0.1) is 11.1 Å². The molecule has 1 aromatic rings. The molecule has 3 heteroatoms. The number of hydrogen-bond donors (Lipinski definition) is 0. The first-order chi connectivity index (χ1) is 8.51.